The van der Waals surface area contributed by atoms with E-state index in [0.717, 1.165) is 16.0 Å². The summed E-state index contributed by atoms with van der Waals surface area (Å²) in [6.07, 6.45) is 0.531. The highest BCUT2D eigenvalue weighted by molar-refractivity contribution is 6.17. The van der Waals surface area contributed by atoms with E-state index >= 15 is 0 Å². The summed E-state index contributed by atoms with van der Waals surface area (Å²) in [6.45, 7) is 0. The molecule has 3 heteroatoms. The molecule has 0 spiro atoms. The van der Waals surface area contributed by atoms with Crippen molar-refractivity contribution >= 4 is 16.2 Å². The largest absolute Gasteiger partial charge is 0.431 e. The molecular weight excluding hydrogens is 108 g/mol. The minimum atomic E-state index is -0.0953. The molecule has 1 saturated heterocycles. The van der Waals surface area contributed by atoms with Crippen LogP contribution in [0.2, 0.25) is 0 Å². The highest BCUT2D eigenvalue weighted by atomic mass is 28.1. The molecule has 0 N–H and O–H groups in total. The van der Waals surface area contributed by atoms with Crippen LogP contribution >= 0.6 is 0 Å². The van der Waals surface area contributed by atoms with Gasteiger partial charge in [0, 0.05) is 10.2 Å². The zero-order valence-corrected chi connectivity index (χ0v) is 6.10. The van der Waals surface area contributed by atoms with Crippen LogP contribution in [0.1, 0.15) is 6.42 Å². The molecule has 1 heterocycles. The monoisotopic (exact) mass is 114 g/mol. The lowest BCUT2D eigenvalue weighted by Gasteiger charge is -2.14. The second-order valence-corrected chi connectivity index (χ2v) is 1.98. The zero-order valence-electron chi connectivity index (χ0n) is 4.10. The quantitative estimate of drug-likeness (QED) is 0.302. The minimum absolute atomic E-state index is 0.0953. The summed E-state index contributed by atoms with van der Waals surface area (Å²) in [5.41, 5.74) is 1.93. The van der Waals surface area contributed by atoms with E-state index in [1.165, 1.54) is 0 Å². The van der Waals surface area contributed by atoms with E-state index in [2.05, 4.69) is 4.74 Å². The molecule has 1 aliphatic heterocycles. The van der Waals surface area contributed by atoms with Gasteiger partial charge in [-0.15, -0.1) is 0 Å². The van der Waals surface area contributed by atoms with Crippen LogP contribution in [0.25, 0.3) is 0 Å². The summed E-state index contributed by atoms with van der Waals surface area (Å²) in [5.74, 6) is 0.763. The summed E-state index contributed by atoms with van der Waals surface area (Å²) in [6, 6.07) is 0. The molecule has 1 fully saturated rings. The highest BCUT2D eigenvalue weighted by Gasteiger charge is 2.19. The fourth-order valence-electron chi connectivity index (χ4n) is 0.441. The summed E-state index contributed by atoms with van der Waals surface area (Å²) in [4.78, 5) is 10.0. The van der Waals surface area contributed by atoms with Crippen LogP contribution in [0.3, 0.4) is 0 Å². The Balaban J connectivity index is 2.44. The maximum Gasteiger partial charge on any atom is 0.318 e. The van der Waals surface area contributed by atoms with Crippen molar-refractivity contribution in [2.75, 3.05) is 0 Å². The molecule has 0 saturated carbocycles. The molecule has 0 bridgehead atoms. The van der Waals surface area contributed by atoms with Gasteiger partial charge in [0.15, 0.2) is 0 Å². The normalized spacial score (nSPS) is 24.6. The number of rotatable bonds is 0. The first-order valence-corrected chi connectivity index (χ1v) is 3.34. The summed E-state index contributed by atoms with van der Waals surface area (Å²) >= 11 is 0. The smallest absolute Gasteiger partial charge is 0.318 e. The Bertz CT molecular complexity index is 118. The minimum Gasteiger partial charge on any atom is -0.431 e. The van der Waals surface area contributed by atoms with Crippen LogP contribution in [0.15, 0.2) is 11.5 Å². The van der Waals surface area contributed by atoms with Crippen molar-refractivity contribution in [1.29, 1.82) is 0 Å². The van der Waals surface area contributed by atoms with Gasteiger partial charge in [-0.2, -0.15) is 0 Å². The van der Waals surface area contributed by atoms with E-state index in [9.17, 15) is 4.79 Å². The molecule has 1 aliphatic rings. The molecule has 1 rings (SSSR count). The van der Waals surface area contributed by atoms with Crippen LogP contribution in [0, 0.1) is 0 Å². The highest BCUT2D eigenvalue weighted by Crippen LogP contribution is 2.15. The molecule has 0 radical (unpaired) electrons. The SMILES string of the molecule is O=C1CC(=C[SiH3])O1. The fraction of sp³-hybridized carbons (Fsp3) is 0.250. The van der Waals surface area contributed by atoms with Crippen LogP contribution in [-0.2, 0) is 9.53 Å². The molecule has 0 aromatic heterocycles. The Morgan fingerprint density at radius 1 is 1.86 bits per heavy atom. The third kappa shape index (κ3) is 0.717. The molecule has 0 atom stereocenters. The third-order valence-electron chi connectivity index (χ3n) is 0.885. The van der Waals surface area contributed by atoms with E-state index in [4.69, 9.17) is 0 Å². The van der Waals surface area contributed by atoms with Crippen molar-refractivity contribution in [3.8, 4) is 0 Å². The molecular formula is C4H6O2Si. The predicted molar refractivity (Wildman–Crippen MR) is 28.7 cm³/mol. The lowest BCUT2D eigenvalue weighted by Crippen LogP contribution is -2.17. The summed E-state index contributed by atoms with van der Waals surface area (Å²) in [7, 11) is 0.986. The van der Waals surface area contributed by atoms with E-state index in [-0.39, 0.29) is 5.97 Å². The molecule has 0 aromatic carbocycles. The van der Waals surface area contributed by atoms with E-state index in [1.807, 2.05) is 5.70 Å². The van der Waals surface area contributed by atoms with E-state index in [0.29, 0.717) is 6.42 Å². The average Bonchev–Trinajstić information content (AvgIpc) is 1.58. The Morgan fingerprint density at radius 3 is 2.57 bits per heavy atom. The molecule has 38 valence electrons. The maximum absolute atomic E-state index is 10.0. The number of esters is 1. The van der Waals surface area contributed by atoms with E-state index in [1.54, 1.807) is 0 Å². The lowest BCUT2D eigenvalue weighted by atomic mass is 10.3. The van der Waals surface area contributed by atoms with Crippen LogP contribution in [0.4, 0.5) is 0 Å². The van der Waals surface area contributed by atoms with Crippen LogP contribution in [0.5, 0.6) is 0 Å². The lowest BCUT2D eigenvalue weighted by molar-refractivity contribution is -0.148. The Hall–Kier alpha value is -0.573. The van der Waals surface area contributed by atoms with Gasteiger partial charge in [-0.25, -0.2) is 0 Å². The van der Waals surface area contributed by atoms with Gasteiger partial charge in [-0.1, -0.05) is 5.70 Å². The molecule has 2 nitrogen and oxygen atoms in total. The second kappa shape index (κ2) is 1.50. The first kappa shape index (κ1) is 4.58. The second-order valence-electron chi connectivity index (χ2n) is 1.41. The van der Waals surface area contributed by atoms with Crippen LogP contribution in [-0.4, -0.2) is 16.2 Å². The molecule has 7 heavy (non-hydrogen) atoms. The topological polar surface area (TPSA) is 26.3 Å². The van der Waals surface area contributed by atoms with Crippen LogP contribution < -0.4 is 0 Å². The maximum atomic E-state index is 10.0. The number of hydrogen-bond donors (Lipinski definition) is 0. The van der Waals surface area contributed by atoms with Crippen molar-refractivity contribution in [3.05, 3.63) is 11.5 Å². The van der Waals surface area contributed by atoms with Crippen molar-refractivity contribution in [2.24, 2.45) is 0 Å². The van der Waals surface area contributed by atoms with Gasteiger partial charge in [-0.05, 0) is 0 Å². The summed E-state index contributed by atoms with van der Waals surface area (Å²) in [5, 5.41) is 0. The predicted octanol–water partition coefficient (Wildman–Crippen LogP) is -0.860. The molecule has 0 unspecified atom stereocenters. The van der Waals surface area contributed by atoms with E-state index < -0.39 is 0 Å². The van der Waals surface area contributed by atoms with Gasteiger partial charge in [-0.3, -0.25) is 4.79 Å². The number of carbonyl (C=O) groups excluding carboxylic acids is 1. The van der Waals surface area contributed by atoms with Crippen molar-refractivity contribution in [1.82, 2.24) is 0 Å². The zero-order chi connectivity index (χ0) is 5.28. The average molecular weight is 114 g/mol. The summed E-state index contributed by atoms with van der Waals surface area (Å²) < 4.78 is 4.55. The molecule has 0 aromatic rings. The van der Waals surface area contributed by atoms with Crippen molar-refractivity contribution in [2.45, 2.75) is 6.42 Å². The van der Waals surface area contributed by atoms with Crippen molar-refractivity contribution in [3.63, 3.8) is 0 Å². The van der Waals surface area contributed by atoms with Gasteiger partial charge in [0.05, 0.1) is 0 Å². The van der Waals surface area contributed by atoms with Gasteiger partial charge in [0.1, 0.15) is 12.2 Å². The standard InChI is InChI=1S/C4H6O2Si/c5-4-1-3(2-7)6-4/h2H,1H2,7H3. The van der Waals surface area contributed by atoms with Gasteiger partial charge >= 0.3 is 5.97 Å². The first-order chi connectivity index (χ1) is 3.33. The number of carbonyl (C=O) groups is 1. The Labute approximate surface area is 44.6 Å². The molecule has 0 amide bonds. The van der Waals surface area contributed by atoms with Gasteiger partial charge in [0.2, 0.25) is 0 Å². The number of hydrogen-bond acceptors (Lipinski definition) is 2. The Morgan fingerprint density at radius 2 is 2.43 bits per heavy atom. The molecule has 0 aliphatic carbocycles. The van der Waals surface area contributed by atoms with Gasteiger partial charge in [0.25, 0.3) is 0 Å². The Kier molecular flexibility index (Phi) is 0.980. The number of ether oxygens (including phenoxy) is 1. The fourth-order valence-corrected chi connectivity index (χ4v) is 0.763. The number of cyclic esters (lactones) is 1. The third-order valence-corrected chi connectivity index (χ3v) is 1.53. The van der Waals surface area contributed by atoms with Gasteiger partial charge < -0.3 is 4.74 Å². The van der Waals surface area contributed by atoms with Crippen molar-refractivity contribution < 1.29 is 9.53 Å². The first-order valence-electron chi connectivity index (χ1n) is 2.19.